The lowest BCUT2D eigenvalue weighted by atomic mass is 10.1. The normalized spacial score (nSPS) is 15.5. The van der Waals surface area contributed by atoms with E-state index in [1.54, 1.807) is 0 Å². The first-order valence-electron chi connectivity index (χ1n) is 4.46. The third kappa shape index (κ3) is 4.86. The number of hydrogen-bond donors (Lipinski definition) is 1. The molecule has 0 spiro atoms. The summed E-state index contributed by atoms with van der Waals surface area (Å²) in [6.45, 7) is 6.49. The summed E-state index contributed by atoms with van der Waals surface area (Å²) < 4.78 is 0. The Bertz CT molecular complexity index is 123. The molecule has 0 saturated heterocycles. The lowest BCUT2D eigenvalue weighted by Gasteiger charge is -2.16. The number of terminal acetylenes is 1. The van der Waals surface area contributed by atoms with E-state index in [4.69, 9.17) is 6.42 Å². The fourth-order valence-electron chi connectivity index (χ4n) is 0.965. The van der Waals surface area contributed by atoms with Crippen molar-refractivity contribution in [3.8, 4) is 12.3 Å². The first-order valence-corrected chi connectivity index (χ1v) is 4.46. The van der Waals surface area contributed by atoms with Gasteiger partial charge in [0.25, 0.3) is 0 Å². The largest absolute Gasteiger partial charge is 0.301 e. The van der Waals surface area contributed by atoms with Gasteiger partial charge in [0.15, 0.2) is 0 Å². The molecule has 0 aromatic heterocycles. The Morgan fingerprint density at radius 1 is 1.45 bits per heavy atom. The van der Waals surface area contributed by atoms with E-state index in [-0.39, 0.29) is 6.04 Å². The zero-order valence-electron chi connectivity index (χ0n) is 7.85. The number of rotatable bonds is 5. The molecule has 0 bridgehead atoms. The molecule has 0 fully saturated rings. The molecule has 64 valence electrons. The molecule has 0 aliphatic rings. The lowest BCUT2D eigenvalue weighted by molar-refractivity contribution is 0.472. The van der Waals surface area contributed by atoms with E-state index in [1.165, 1.54) is 0 Å². The fraction of sp³-hybridized carbons (Fsp3) is 0.800. The number of hydrogen-bond acceptors (Lipinski definition) is 1. The van der Waals surface area contributed by atoms with Crippen molar-refractivity contribution in [1.29, 1.82) is 0 Å². The molecule has 1 N–H and O–H groups in total. The van der Waals surface area contributed by atoms with Crippen LogP contribution in [0.15, 0.2) is 0 Å². The van der Waals surface area contributed by atoms with E-state index >= 15 is 0 Å². The SMILES string of the molecule is C#CC(CCC)NC(C)CC. The van der Waals surface area contributed by atoms with Crippen LogP contribution in [0.5, 0.6) is 0 Å². The van der Waals surface area contributed by atoms with Gasteiger partial charge in [-0.3, -0.25) is 0 Å². The van der Waals surface area contributed by atoms with Crippen LogP contribution >= 0.6 is 0 Å². The molecule has 1 nitrogen and oxygen atoms in total. The first kappa shape index (κ1) is 10.5. The Balaban J connectivity index is 3.61. The van der Waals surface area contributed by atoms with Gasteiger partial charge < -0.3 is 5.32 Å². The van der Waals surface area contributed by atoms with E-state index in [1.807, 2.05) is 0 Å². The summed E-state index contributed by atoms with van der Waals surface area (Å²) in [6.07, 6.45) is 8.73. The predicted molar refractivity (Wildman–Crippen MR) is 50.4 cm³/mol. The van der Waals surface area contributed by atoms with Gasteiger partial charge in [-0.15, -0.1) is 6.42 Å². The van der Waals surface area contributed by atoms with E-state index in [0.29, 0.717) is 6.04 Å². The molecule has 0 amide bonds. The van der Waals surface area contributed by atoms with Gasteiger partial charge >= 0.3 is 0 Å². The molecule has 0 saturated carbocycles. The summed E-state index contributed by atoms with van der Waals surface area (Å²) in [4.78, 5) is 0. The zero-order valence-corrected chi connectivity index (χ0v) is 7.85. The molecule has 1 heteroatoms. The maximum absolute atomic E-state index is 5.35. The average molecular weight is 153 g/mol. The van der Waals surface area contributed by atoms with Crippen molar-refractivity contribution < 1.29 is 0 Å². The van der Waals surface area contributed by atoms with Crippen molar-refractivity contribution in [2.24, 2.45) is 0 Å². The molecule has 0 aliphatic carbocycles. The molecule has 0 radical (unpaired) electrons. The maximum atomic E-state index is 5.35. The van der Waals surface area contributed by atoms with Crippen LogP contribution in [0.2, 0.25) is 0 Å². The minimum absolute atomic E-state index is 0.273. The second-order valence-electron chi connectivity index (χ2n) is 2.98. The minimum atomic E-state index is 0.273. The molecule has 0 aromatic rings. The van der Waals surface area contributed by atoms with Crippen molar-refractivity contribution in [3.05, 3.63) is 0 Å². The van der Waals surface area contributed by atoms with Gasteiger partial charge in [-0.05, 0) is 19.8 Å². The quantitative estimate of drug-likeness (QED) is 0.597. The third-order valence-corrected chi connectivity index (χ3v) is 1.88. The average Bonchev–Trinajstić information content (AvgIpc) is 2.03. The van der Waals surface area contributed by atoms with E-state index < -0.39 is 0 Å². The van der Waals surface area contributed by atoms with Crippen molar-refractivity contribution in [1.82, 2.24) is 5.32 Å². The summed E-state index contributed by atoms with van der Waals surface area (Å²) in [5, 5.41) is 3.38. The van der Waals surface area contributed by atoms with E-state index in [9.17, 15) is 0 Å². The second kappa shape index (κ2) is 6.24. The van der Waals surface area contributed by atoms with Gasteiger partial charge in [-0.25, -0.2) is 0 Å². The summed E-state index contributed by atoms with van der Waals surface area (Å²) in [5.74, 6) is 2.76. The van der Waals surface area contributed by atoms with Crippen LogP contribution in [0.3, 0.4) is 0 Å². The highest BCUT2D eigenvalue weighted by atomic mass is 14.9. The monoisotopic (exact) mass is 153 g/mol. The van der Waals surface area contributed by atoms with Crippen molar-refractivity contribution in [2.45, 2.75) is 52.1 Å². The standard InChI is InChI=1S/C10H19N/c1-5-8-10(7-3)11-9(4)6-2/h3,9-11H,5-6,8H2,1-2,4H3. The van der Waals surface area contributed by atoms with Gasteiger partial charge in [-0.2, -0.15) is 0 Å². The van der Waals surface area contributed by atoms with E-state index in [0.717, 1.165) is 19.3 Å². The Hall–Kier alpha value is -0.480. The van der Waals surface area contributed by atoms with Gasteiger partial charge in [0.1, 0.15) is 0 Å². The van der Waals surface area contributed by atoms with Crippen LogP contribution in [0.25, 0.3) is 0 Å². The summed E-state index contributed by atoms with van der Waals surface area (Å²) in [5.41, 5.74) is 0. The topological polar surface area (TPSA) is 12.0 Å². The Kier molecular flexibility index (Phi) is 5.97. The van der Waals surface area contributed by atoms with Gasteiger partial charge in [-0.1, -0.05) is 26.2 Å². The van der Waals surface area contributed by atoms with Gasteiger partial charge in [0.2, 0.25) is 0 Å². The molecule has 0 aliphatic heterocycles. The molecule has 0 heterocycles. The number of nitrogens with one attached hydrogen (secondary N) is 1. The highest BCUT2D eigenvalue weighted by Gasteiger charge is 2.05. The highest BCUT2D eigenvalue weighted by molar-refractivity contribution is 4.99. The van der Waals surface area contributed by atoms with Crippen LogP contribution in [-0.2, 0) is 0 Å². The van der Waals surface area contributed by atoms with Crippen molar-refractivity contribution in [2.75, 3.05) is 0 Å². The Labute approximate surface area is 70.6 Å². The molecule has 11 heavy (non-hydrogen) atoms. The minimum Gasteiger partial charge on any atom is -0.301 e. The first-order chi connectivity index (χ1) is 5.24. The fourth-order valence-corrected chi connectivity index (χ4v) is 0.965. The maximum Gasteiger partial charge on any atom is 0.0688 e. The van der Waals surface area contributed by atoms with Crippen LogP contribution in [0.1, 0.15) is 40.0 Å². The van der Waals surface area contributed by atoms with Crippen molar-refractivity contribution >= 4 is 0 Å². The summed E-state index contributed by atoms with van der Waals surface area (Å²) >= 11 is 0. The molecule has 2 atom stereocenters. The molecular weight excluding hydrogens is 134 g/mol. The predicted octanol–water partition coefficient (Wildman–Crippen LogP) is 2.18. The second-order valence-corrected chi connectivity index (χ2v) is 2.98. The lowest BCUT2D eigenvalue weighted by Crippen LogP contribution is -2.34. The van der Waals surface area contributed by atoms with Crippen LogP contribution in [0.4, 0.5) is 0 Å². The van der Waals surface area contributed by atoms with E-state index in [2.05, 4.69) is 32.0 Å². The smallest absolute Gasteiger partial charge is 0.0688 e. The Morgan fingerprint density at radius 2 is 2.09 bits per heavy atom. The van der Waals surface area contributed by atoms with Crippen molar-refractivity contribution in [3.63, 3.8) is 0 Å². The van der Waals surface area contributed by atoms with Crippen LogP contribution < -0.4 is 5.32 Å². The third-order valence-electron chi connectivity index (χ3n) is 1.88. The highest BCUT2D eigenvalue weighted by Crippen LogP contribution is 1.98. The molecular formula is C10H19N. The Morgan fingerprint density at radius 3 is 2.45 bits per heavy atom. The van der Waals surface area contributed by atoms with Crippen LogP contribution in [0, 0.1) is 12.3 Å². The molecule has 2 unspecified atom stereocenters. The summed E-state index contributed by atoms with van der Waals surface area (Å²) in [6, 6.07) is 0.817. The summed E-state index contributed by atoms with van der Waals surface area (Å²) in [7, 11) is 0. The molecule has 0 rings (SSSR count). The molecule has 0 aromatic carbocycles. The van der Waals surface area contributed by atoms with Gasteiger partial charge in [0, 0.05) is 6.04 Å². The van der Waals surface area contributed by atoms with Crippen LogP contribution in [-0.4, -0.2) is 12.1 Å². The van der Waals surface area contributed by atoms with Gasteiger partial charge in [0.05, 0.1) is 6.04 Å². The zero-order chi connectivity index (χ0) is 8.69.